The minimum absolute atomic E-state index is 0.376. The van der Waals surface area contributed by atoms with Gasteiger partial charge in [-0.2, -0.15) is 0 Å². The van der Waals surface area contributed by atoms with Crippen LogP contribution < -0.4 is 0 Å². The Labute approximate surface area is 86.9 Å². The van der Waals surface area contributed by atoms with Crippen LogP contribution >= 0.6 is 15.9 Å². The maximum atomic E-state index is 9.52. The van der Waals surface area contributed by atoms with Crippen LogP contribution in [0, 0.1) is 0 Å². The summed E-state index contributed by atoms with van der Waals surface area (Å²) >= 11 is 3.45. The zero-order valence-corrected chi connectivity index (χ0v) is 9.10. The van der Waals surface area contributed by atoms with Crippen LogP contribution in [0.4, 0.5) is 0 Å². The van der Waals surface area contributed by atoms with Gasteiger partial charge in [-0.3, -0.25) is 0 Å². The number of rotatable bonds is 0. The molecule has 13 heavy (non-hydrogen) atoms. The minimum atomic E-state index is 0.376. The summed E-state index contributed by atoms with van der Waals surface area (Å²) in [4.78, 5) is 0. The van der Waals surface area contributed by atoms with Gasteiger partial charge in [-0.25, -0.2) is 0 Å². The van der Waals surface area contributed by atoms with Crippen molar-refractivity contribution in [1.82, 2.24) is 0 Å². The van der Waals surface area contributed by atoms with Gasteiger partial charge >= 0.3 is 0 Å². The average Bonchev–Trinajstić information content (AvgIpc) is 2.36. The van der Waals surface area contributed by atoms with Gasteiger partial charge in [-0.15, -0.1) is 0 Å². The molecule has 1 aromatic carbocycles. The van der Waals surface area contributed by atoms with E-state index < -0.39 is 0 Å². The van der Waals surface area contributed by atoms with Crippen LogP contribution in [0.15, 0.2) is 16.6 Å². The van der Waals surface area contributed by atoms with Crippen LogP contribution in [-0.2, 0) is 12.8 Å². The Morgan fingerprint density at radius 2 is 1.85 bits per heavy atom. The van der Waals surface area contributed by atoms with Crippen molar-refractivity contribution in [2.45, 2.75) is 32.1 Å². The number of phenols is 1. The smallest absolute Gasteiger partial charge is 0.130 e. The van der Waals surface area contributed by atoms with E-state index in [1.165, 1.54) is 30.4 Å². The molecular formula is C11H13BrO. The van der Waals surface area contributed by atoms with Crippen molar-refractivity contribution in [3.63, 3.8) is 0 Å². The molecule has 70 valence electrons. The Morgan fingerprint density at radius 1 is 1.08 bits per heavy atom. The molecule has 0 bridgehead atoms. The first-order chi connectivity index (χ1) is 6.29. The summed E-state index contributed by atoms with van der Waals surface area (Å²) in [5, 5.41) is 9.52. The van der Waals surface area contributed by atoms with E-state index in [2.05, 4.69) is 22.0 Å². The number of aryl methyl sites for hydroxylation is 1. The highest BCUT2D eigenvalue weighted by atomic mass is 79.9. The summed E-state index contributed by atoms with van der Waals surface area (Å²) in [6, 6.07) is 3.84. The maximum absolute atomic E-state index is 9.52. The van der Waals surface area contributed by atoms with Crippen LogP contribution in [0.2, 0.25) is 0 Å². The zero-order valence-electron chi connectivity index (χ0n) is 7.52. The molecule has 1 N–H and O–H groups in total. The van der Waals surface area contributed by atoms with Crippen molar-refractivity contribution in [3.8, 4) is 5.75 Å². The first-order valence-electron chi connectivity index (χ1n) is 4.78. The largest absolute Gasteiger partial charge is 0.507 e. The third-order valence-corrected chi connectivity index (χ3v) is 3.58. The quantitative estimate of drug-likeness (QED) is 0.690. The van der Waals surface area contributed by atoms with E-state index >= 15 is 0 Å². The molecule has 0 aliphatic heterocycles. The molecule has 0 fully saturated rings. The first kappa shape index (κ1) is 9.07. The van der Waals surface area contributed by atoms with Gasteiger partial charge in [0.2, 0.25) is 0 Å². The topological polar surface area (TPSA) is 20.2 Å². The van der Waals surface area contributed by atoms with Crippen LogP contribution in [0.25, 0.3) is 0 Å². The number of hydrogen-bond donors (Lipinski definition) is 1. The molecule has 0 saturated heterocycles. The summed E-state index contributed by atoms with van der Waals surface area (Å²) in [6.07, 6.45) is 6.10. The van der Waals surface area contributed by atoms with Crippen LogP contribution in [-0.4, -0.2) is 5.11 Å². The van der Waals surface area contributed by atoms with E-state index in [1.807, 2.05) is 0 Å². The van der Waals surface area contributed by atoms with Gasteiger partial charge in [-0.1, -0.05) is 12.5 Å². The fourth-order valence-electron chi connectivity index (χ4n) is 1.95. The maximum Gasteiger partial charge on any atom is 0.130 e. The van der Waals surface area contributed by atoms with Crippen molar-refractivity contribution >= 4 is 15.9 Å². The second-order valence-corrected chi connectivity index (χ2v) is 4.39. The van der Waals surface area contributed by atoms with Crippen molar-refractivity contribution in [3.05, 3.63) is 27.7 Å². The normalized spacial score (nSPS) is 16.4. The summed E-state index contributed by atoms with van der Waals surface area (Å²) in [6.45, 7) is 0. The summed E-state index contributed by atoms with van der Waals surface area (Å²) in [7, 11) is 0. The molecule has 0 radical (unpaired) electrons. The van der Waals surface area contributed by atoms with Gasteiger partial charge < -0.3 is 5.11 Å². The lowest BCUT2D eigenvalue weighted by Gasteiger charge is -2.08. The van der Waals surface area contributed by atoms with Gasteiger partial charge in [0.05, 0.1) is 4.47 Å². The van der Waals surface area contributed by atoms with Crippen LogP contribution in [0.1, 0.15) is 30.4 Å². The molecule has 1 aliphatic rings. The van der Waals surface area contributed by atoms with E-state index in [0.717, 1.165) is 17.3 Å². The Hall–Kier alpha value is -0.500. The van der Waals surface area contributed by atoms with Gasteiger partial charge in [0.1, 0.15) is 5.75 Å². The highest BCUT2D eigenvalue weighted by Gasteiger charge is 2.12. The number of hydrogen-bond acceptors (Lipinski definition) is 1. The third-order valence-electron chi connectivity index (χ3n) is 2.69. The van der Waals surface area contributed by atoms with Crippen molar-refractivity contribution in [1.29, 1.82) is 0 Å². The Kier molecular flexibility index (Phi) is 2.58. The standard InChI is InChI=1S/C11H13BrO/c12-11-9-5-3-1-2-4-8(9)6-7-10(11)13/h6-7,13H,1-5H2. The number of fused-ring (bicyclic) bond motifs is 1. The molecule has 1 nitrogen and oxygen atoms in total. The van der Waals surface area contributed by atoms with Gasteiger partial charge in [0, 0.05) is 0 Å². The molecule has 2 heteroatoms. The molecule has 0 heterocycles. The molecule has 0 amide bonds. The second-order valence-electron chi connectivity index (χ2n) is 3.60. The second kappa shape index (κ2) is 3.70. The third kappa shape index (κ3) is 1.73. The molecule has 1 aliphatic carbocycles. The van der Waals surface area contributed by atoms with E-state index in [9.17, 15) is 5.11 Å². The Balaban J connectivity index is 2.48. The molecule has 0 atom stereocenters. The number of phenolic OH excluding ortho intramolecular Hbond substituents is 1. The lowest BCUT2D eigenvalue weighted by molar-refractivity contribution is 0.470. The van der Waals surface area contributed by atoms with Crippen LogP contribution in [0.3, 0.4) is 0 Å². The average molecular weight is 241 g/mol. The Morgan fingerprint density at radius 3 is 2.69 bits per heavy atom. The number of aromatic hydroxyl groups is 1. The van der Waals surface area contributed by atoms with Gasteiger partial charge in [0.25, 0.3) is 0 Å². The molecule has 1 aromatic rings. The molecule has 2 rings (SSSR count). The minimum Gasteiger partial charge on any atom is -0.507 e. The fourth-order valence-corrected chi connectivity index (χ4v) is 2.53. The Bertz CT molecular complexity index is 320. The summed E-state index contributed by atoms with van der Waals surface area (Å²) < 4.78 is 0.909. The molecule has 0 unspecified atom stereocenters. The van der Waals surface area contributed by atoms with Gasteiger partial charge in [-0.05, 0) is 58.8 Å². The van der Waals surface area contributed by atoms with Crippen molar-refractivity contribution in [2.24, 2.45) is 0 Å². The predicted molar refractivity (Wildman–Crippen MR) is 57.1 cm³/mol. The van der Waals surface area contributed by atoms with E-state index in [4.69, 9.17) is 0 Å². The zero-order chi connectivity index (χ0) is 9.26. The fraction of sp³-hybridized carbons (Fsp3) is 0.455. The lowest BCUT2D eigenvalue weighted by Crippen LogP contribution is -1.92. The van der Waals surface area contributed by atoms with E-state index in [1.54, 1.807) is 6.07 Å². The summed E-state index contributed by atoms with van der Waals surface area (Å²) in [5.41, 5.74) is 2.72. The summed E-state index contributed by atoms with van der Waals surface area (Å²) in [5.74, 6) is 0.376. The van der Waals surface area contributed by atoms with Crippen molar-refractivity contribution in [2.75, 3.05) is 0 Å². The number of halogens is 1. The molecule has 0 aromatic heterocycles. The van der Waals surface area contributed by atoms with Crippen LogP contribution in [0.5, 0.6) is 5.75 Å². The van der Waals surface area contributed by atoms with E-state index in [-0.39, 0.29) is 0 Å². The predicted octanol–water partition coefficient (Wildman–Crippen LogP) is 3.42. The monoisotopic (exact) mass is 240 g/mol. The molecule has 0 saturated carbocycles. The SMILES string of the molecule is Oc1ccc2c(c1Br)CCCCC2. The highest BCUT2D eigenvalue weighted by Crippen LogP contribution is 2.33. The lowest BCUT2D eigenvalue weighted by atomic mass is 10.0. The molecular weight excluding hydrogens is 228 g/mol. The molecule has 0 spiro atoms. The highest BCUT2D eigenvalue weighted by molar-refractivity contribution is 9.10. The van der Waals surface area contributed by atoms with Gasteiger partial charge in [0.15, 0.2) is 0 Å². The van der Waals surface area contributed by atoms with Crippen molar-refractivity contribution < 1.29 is 5.11 Å². The number of benzene rings is 1. The first-order valence-corrected chi connectivity index (χ1v) is 5.57. The van der Waals surface area contributed by atoms with E-state index in [0.29, 0.717) is 5.75 Å².